The van der Waals surface area contributed by atoms with Crippen molar-refractivity contribution in [2.75, 3.05) is 0 Å². The number of carbonyl (C=O) groups is 1. The molecule has 1 atom stereocenters. The Bertz CT molecular complexity index is 658. The van der Waals surface area contributed by atoms with E-state index >= 15 is 0 Å². The van der Waals surface area contributed by atoms with Gasteiger partial charge in [-0.3, -0.25) is 4.79 Å². The quantitative estimate of drug-likeness (QED) is 0.765. The van der Waals surface area contributed by atoms with Crippen LogP contribution >= 0.6 is 11.6 Å². The number of benzene rings is 2. The van der Waals surface area contributed by atoms with Crippen LogP contribution in [-0.4, -0.2) is 11.9 Å². The van der Waals surface area contributed by atoms with Gasteiger partial charge in [-0.2, -0.15) is 0 Å². The van der Waals surface area contributed by atoms with E-state index in [0.29, 0.717) is 11.1 Å². The molecule has 0 fully saturated rings. The van der Waals surface area contributed by atoms with Crippen LogP contribution in [-0.2, 0) is 11.3 Å². The van der Waals surface area contributed by atoms with E-state index in [1.807, 2.05) is 0 Å². The van der Waals surface area contributed by atoms with Gasteiger partial charge in [0.25, 0.3) is 0 Å². The van der Waals surface area contributed by atoms with Crippen LogP contribution in [0.1, 0.15) is 22.8 Å². The minimum absolute atomic E-state index is 0.134. The minimum Gasteiger partial charge on any atom is -0.366 e. The van der Waals surface area contributed by atoms with E-state index < -0.39 is 23.5 Å². The van der Waals surface area contributed by atoms with Crippen molar-refractivity contribution in [1.82, 2.24) is 0 Å². The van der Waals surface area contributed by atoms with Crippen molar-refractivity contribution < 1.29 is 18.3 Å². The van der Waals surface area contributed by atoms with Gasteiger partial charge in [-0.1, -0.05) is 29.8 Å². The molecule has 0 aliphatic carbocycles. The smallest absolute Gasteiger partial charge is 0.194 e. The van der Waals surface area contributed by atoms with Gasteiger partial charge in [0.15, 0.2) is 5.78 Å². The standard InChI is InChI=1S/C16H13ClF2O2/c1-10(21-9-11-4-2-3-5-14(11)17)16(20)13-7-6-12(18)8-15(13)19/h2-8,10H,9H2,1H3. The summed E-state index contributed by atoms with van der Waals surface area (Å²) in [7, 11) is 0. The number of carbonyl (C=O) groups excluding carboxylic acids is 1. The van der Waals surface area contributed by atoms with E-state index in [4.69, 9.17) is 16.3 Å². The Hall–Kier alpha value is -1.78. The fourth-order valence-electron chi connectivity index (χ4n) is 1.81. The van der Waals surface area contributed by atoms with Gasteiger partial charge < -0.3 is 4.74 Å². The Kier molecular flexibility index (Phi) is 5.04. The average Bonchev–Trinajstić information content (AvgIpc) is 2.45. The van der Waals surface area contributed by atoms with Crippen LogP contribution in [0, 0.1) is 11.6 Å². The highest BCUT2D eigenvalue weighted by Gasteiger charge is 2.20. The second kappa shape index (κ2) is 6.78. The highest BCUT2D eigenvalue weighted by atomic mass is 35.5. The van der Waals surface area contributed by atoms with Gasteiger partial charge in [-0.25, -0.2) is 8.78 Å². The lowest BCUT2D eigenvalue weighted by molar-refractivity contribution is 0.0409. The fourth-order valence-corrected chi connectivity index (χ4v) is 2.00. The lowest BCUT2D eigenvalue weighted by Crippen LogP contribution is -2.22. The van der Waals surface area contributed by atoms with Crippen LogP contribution < -0.4 is 0 Å². The van der Waals surface area contributed by atoms with Crippen molar-refractivity contribution in [1.29, 1.82) is 0 Å². The van der Waals surface area contributed by atoms with E-state index in [1.54, 1.807) is 24.3 Å². The third-order valence-electron chi connectivity index (χ3n) is 3.01. The summed E-state index contributed by atoms with van der Waals surface area (Å²) >= 11 is 5.98. The summed E-state index contributed by atoms with van der Waals surface area (Å²) in [6.07, 6.45) is -0.860. The van der Waals surface area contributed by atoms with Crippen LogP contribution in [0.5, 0.6) is 0 Å². The van der Waals surface area contributed by atoms with Gasteiger partial charge in [0.05, 0.1) is 12.2 Å². The second-order valence-corrected chi connectivity index (χ2v) is 4.94. The second-order valence-electron chi connectivity index (χ2n) is 4.53. The van der Waals surface area contributed by atoms with Crippen molar-refractivity contribution >= 4 is 17.4 Å². The first-order valence-corrected chi connectivity index (χ1v) is 6.71. The Morgan fingerprint density at radius 1 is 1.24 bits per heavy atom. The molecule has 0 aliphatic heterocycles. The number of ether oxygens (including phenoxy) is 1. The van der Waals surface area contributed by atoms with Crippen LogP contribution in [0.25, 0.3) is 0 Å². The van der Waals surface area contributed by atoms with Crippen molar-refractivity contribution in [3.8, 4) is 0 Å². The van der Waals surface area contributed by atoms with E-state index in [0.717, 1.165) is 17.7 Å². The van der Waals surface area contributed by atoms with Crippen molar-refractivity contribution in [2.24, 2.45) is 0 Å². The molecule has 2 aromatic rings. The van der Waals surface area contributed by atoms with Gasteiger partial charge in [-0.05, 0) is 30.7 Å². The third-order valence-corrected chi connectivity index (χ3v) is 3.38. The number of hydrogen-bond acceptors (Lipinski definition) is 2. The molecule has 0 N–H and O–H groups in total. The minimum atomic E-state index is -0.895. The largest absolute Gasteiger partial charge is 0.366 e. The fraction of sp³-hybridized carbons (Fsp3) is 0.188. The molecule has 0 aliphatic rings. The summed E-state index contributed by atoms with van der Waals surface area (Å²) < 4.78 is 31.8. The maximum atomic E-state index is 13.6. The molecule has 0 amide bonds. The lowest BCUT2D eigenvalue weighted by Gasteiger charge is -2.13. The summed E-state index contributed by atoms with van der Waals surface area (Å²) in [5.41, 5.74) is 0.543. The molecule has 0 saturated carbocycles. The SMILES string of the molecule is CC(OCc1ccccc1Cl)C(=O)c1ccc(F)cc1F. The molecule has 0 radical (unpaired) electrons. The van der Waals surface area contributed by atoms with Crippen molar-refractivity contribution in [3.05, 3.63) is 70.2 Å². The number of Topliss-reactive ketones (excluding diaryl/α,β-unsaturated/α-hetero) is 1. The van der Waals surface area contributed by atoms with E-state index in [2.05, 4.69) is 0 Å². The summed E-state index contributed by atoms with van der Waals surface area (Å²) in [6, 6.07) is 9.91. The lowest BCUT2D eigenvalue weighted by atomic mass is 10.1. The first kappa shape index (κ1) is 15.6. The number of hydrogen-bond donors (Lipinski definition) is 0. The van der Waals surface area contributed by atoms with Crippen molar-refractivity contribution in [2.45, 2.75) is 19.6 Å². The predicted octanol–water partition coefficient (Wildman–Crippen LogP) is 4.41. The molecule has 2 rings (SSSR count). The molecule has 0 bridgehead atoms. The Labute approximate surface area is 126 Å². The molecule has 5 heteroatoms. The topological polar surface area (TPSA) is 26.3 Å². The maximum absolute atomic E-state index is 13.6. The first-order chi connectivity index (χ1) is 9.99. The zero-order valence-electron chi connectivity index (χ0n) is 11.3. The Morgan fingerprint density at radius 3 is 2.62 bits per heavy atom. The molecule has 0 saturated heterocycles. The monoisotopic (exact) mass is 310 g/mol. The molecule has 0 heterocycles. The maximum Gasteiger partial charge on any atom is 0.194 e. The van der Waals surface area contributed by atoms with E-state index in [9.17, 15) is 13.6 Å². The molecule has 0 spiro atoms. The van der Waals surface area contributed by atoms with Crippen molar-refractivity contribution in [3.63, 3.8) is 0 Å². The summed E-state index contributed by atoms with van der Waals surface area (Å²) in [5, 5.41) is 0.533. The normalized spacial score (nSPS) is 12.2. The summed E-state index contributed by atoms with van der Waals surface area (Å²) in [4.78, 5) is 12.1. The molecular formula is C16H13ClF2O2. The third kappa shape index (κ3) is 3.86. The predicted molar refractivity (Wildman–Crippen MR) is 76.4 cm³/mol. The molecule has 2 nitrogen and oxygen atoms in total. The zero-order chi connectivity index (χ0) is 15.4. The van der Waals surface area contributed by atoms with Gasteiger partial charge >= 0.3 is 0 Å². The molecular weight excluding hydrogens is 298 g/mol. The molecule has 21 heavy (non-hydrogen) atoms. The highest BCUT2D eigenvalue weighted by Crippen LogP contribution is 2.18. The van der Waals surface area contributed by atoms with E-state index in [1.165, 1.54) is 6.92 Å². The van der Waals surface area contributed by atoms with Crippen LogP contribution in [0.3, 0.4) is 0 Å². The molecule has 0 aromatic heterocycles. The first-order valence-electron chi connectivity index (χ1n) is 6.33. The molecule has 110 valence electrons. The number of halogens is 3. The molecule has 2 aromatic carbocycles. The Morgan fingerprint density at radius 2 is 1.95 bits per heavy atom. The van der Waals surface area contributed by atoms with Crippen LogP contribution in [0.2, 0.25) is 5.02 Å². The number of rotatable bonds is 5. The van der Waals surface area contributed by atoms with Gasteiger partial charge in [-0.15, -0.1) is 0 Å². The summed E-state index contributed by atoms with van der Waals surface area (Å²) in [6.45, 7) is 1.65. The molecule has 1 unspecified atom stereocenters. The zero-order valence-corrected chi connectivity index (χ0v) is 12.0. The van der Waals surface area contributed by atoms with Crippen LogP contribution in [0.15, 0.2) is 42.5 Å². The van der Waals surface area contributed by atoms with Crippen LogP contribution in [0.4, 0.5) is 8.78 Å². The van der Waals surface area contributed by atoms with Gasteiger partial charge in [0.2, 0.25) is 0 Å². The number of ketones is 1. The van der Waals surface area contributed by atoms with Gasteiger partial charge in [0.1, 0.15) is 17.7 Å². The Balaban J connectivity index is 2.04. The summed E-state index contributed by atoms with van der Waals surface area (Å²) in [5.74, 6) is -2.17. The highest BCUT2D eigenvalue weighted by molar-refractivity contribution is 6.31. The van der Waals surface area contributed by atoms with E-state index in [-0.39, 0.29) is 12.2 Å². The van der Waals surface area contributed by atoms with Gasteiger partial charge in [0, 0.05) is 11.1 Å². The average molecular weight is 311 g/mol.